The topological polar surface area (TPSA) is 71.2 Å². The predicted molar refractivity (Wildman–Crippen MR) is 114 cm³/mol. The molecule has 166 valence electrons. The molecular weight excluding hydrogens is 405 g/mol. The van der Waals surface area contributed by atoms with Gasteiger partial charge in [-0.05, 0) is 43.9 Å². The van der Waals surface area contributed by atoms with E-state index in [0.717, 1.165) is 18.9 Å². The number of nitrogens with zero attached hydrogens (tertiary/aromatic N) is 2. The number of alkyl halides is 1. The number of aromatic nitrogens is 1. The number of benzene rings is 1. The highest BCUT2D eigenvalue weighted by atomic mass is 19.1. The Labute approximate surface area is 179 Å². The standard InChI is InChI=1S/C23H27F3N4O/c1-23(27)6-7-30(13-23)21-17(14-8-15(24)10-16(25)9-14)11-28-12-18(21)22(31)29-20-5-3-2-4-19(20)26/h8-12,19-20H,2-7,13,27H2,1H3,(H,29,31)/t19-,20+,23-/m0/s1. The van der Waals surface area contributed by atoms with Gasteiger partial charge in [-0.15, -0.1) is 0 Å². The van der Waals surface area contributed by atoms with Gasteiger partial charge in [-0.3, -0.25) is 9.78 Å². The first-order chi connectivity index (χ1) is 14.7. The highest BCUT2D eigenvalue weighted by Crippen LogP contribution is 2.37. The van der Waals surface area contributed by atoms with E-state index in [9.17, 15) is 18.0 Å². The molecule has 0 bridgehead atoms. The number of nitrogens with two attached hydrogens (primary N) is 1. The Kier molecular flexibility index (Phi) is 5.92. The summed E-state index contributed by atoms with van der Waals surface area (Å²) in [6.07, 6.45) is 5.19. The lowest BCUT2D eigenvalue weighted by Crippen LogP contribution is -2.44. The van der Waals surface area contributed by atoms with Gasteiger partial charge >= 0.3 is 0 Å². The fourth-order valence-electron chi connectivity index (χ4n) is 4.55. The molecule has 1 aromatic heterocycles. The number of hydrogen-bond acceptors (Lipinski definition) is 4. The second-order valence-electron chi connectivity index (χ2n) is 8.95. The van der Waals surface area contributed by atoms with Crippen LogP contribution in [-0.2, 0) is 0 Å². The Bertz CT molecular complexity index is 961. The van der Waals surface area contributed by atoms with Crippen LogP contribution in [0, 0.1) is 11.6 Å². The second-order valence-corrected chi connectivity index (χ2v) is 8.95. The number of carbonyl (C=O) groups excluding carboxylic acids is 1. The lowest BCUT2D eigenvalue weighted by Gasteiger charge is -2.29. The summed E-state index contributed by atoms with van der Waals surface area (Å²) in [7, 11) is 0. The Morgan fingerprint density at radius 2 is 1.90 bits per heavy atom. The van der Waals surface area contributed by atoms with Crippen LogP contribution in [0.4, 0.5) is 18.9 Å². The fourth-order valence-corrected chi connectivity index (χ4v) is 4.55. The molecule has 4 rings (SSSR count). The van der Waals surface area contributed by atoms with Crippen LogP contribution in [0.2, 0.25) is 0 Å². The Hall–Kier alpha value is -2.61. The summed E-state index contributed by atoms with van der Waals surface area (Å²) in [5, 5.41) is 2.81. The van der Waals surface area contributed by atoms with Crippen molar-refractivity contribution in [3.63, 3.8) is 0 Å². The Balaban J connectivity index is 1.76. The van der Waals surface area contributed by atoms with Gasteiger partial charge in [0.15, 0.2) is 0 Å². The zero-order valence-corrected chi connectivity index (χ0v) is 17.5. The number of halogens is 3. The molecule has 3 atom stereocenters. The number of carbonyl (C=O) groups is 1. The van der Waals surface area contributed by atoms with Crippen LogP contribution in [-0.4, -0.2) is 41.7 Å². The van der Waals surface area contributed by atoms with Crippen LogP contribution in [0.1, 0.15) is 49.4 Å². The molecule has 0 radical (unpaired) electrons. The van der Waals surface area contributed by atoms with Crippen LogP contribution in [0.5, 0.6) is 0 Å². The first kappa shape index (κ1) is 21.6. The highest BCUT2D eigenvalue weighted by molar-refractivity contribution is 6.03. The molecule has 8 heteroatoms. The molecule has 1 aliphatic heterocycles. The van der Waals surface area contributed by atoms with E-state index in [4.69, 9.17) is 5.73 Å². The maximum Gasteiger partial charge on any atom is 0.255 e. The van der Waals surface area contributed by atoms with Crippen molar-refractivity contribution in [2.24, 2.45) is 5.73 Å². The van der Waals surface area contributed by atoms with Gasteiger partial charge in [-0.2, -0.15) is 0 Å². The van der Waals surface area contributed by atoms with Crippen LogP contribution in [0.15, 0.2) is 30.6 Å². The van der Waals surface area contributed by atoms with E-state index in [2.05, 4.69) is 10.3 Å². The SMILES string of the molecule is C[C@]1(N)CCN(c2c(C(=O)N[C@@H]3CCCC[C@@H]3F)cncc2-c2cc(F)cc(F)c2)C1. The monoisotopic (exact) mass is 432 g/mol. The number of nitrogens with one attached hydrogen (secondary N) is 1. The molecule has 1 aliphatic carbocycles. The van der Waals surface area contributed by atoms with Gasteiger partial charge in [0.05, 0.1) is 17.3 Å². The van der Waals surface area contributed by atoms with Crippen molar-refractivity contribution in [1.29, 1.82) is 0 Å². The molecule has 31 heavy (non-hydrogen) atoms. The molecule has 1 saturated carbocycles. The summed E-state index contributed by atoms with van der Waals surface area (Å²) in [4.78, 5) is 19.3. The van der Waals surface area contributed by atoms with E-state index in [-0.39, 0.29) is 11.1 Å². The largest absolute Gasteiger partial charge is 0.368 e. The highest BCUT2D eigenvalue weighted by Gasteiger charge is 2.34. The summed E-state index contributed by atoms with van der Waals surface area (Å²) in [6, 6.07) is 2.66. The summed E-state index contributed by atoms with van der Waals surface area (Å²) in [6.45, 7) is 2.97. The molecule has 2 aromatic rings. The van der Waals surface area contributed by atoms with Gasteiger partial charge < -0.3 is 16.0 Å². The summed E-state index contributed by atoms with van der Waals surface area (Å²) in [5.74, 6) is -1.88. The number of rotatable bonds is 4. The molecule has 2 heterocycles. The average molecular weight is 432 g/mol. The third-order valence-corrected chi connectivity index (χ3v) is 6.15. The van der Waals surface area contributed by atoms with E-state index in [1.165, 1.54) is 24.5 Å². The predicted octanol–water partition coefficient (Wildman–Crippen LogP) is 3.96. The van der Waals surface area contributed by atoms with E-state index >= 15 is 0 Å². The molecule has 1 saturated heterocycles. The Morgan fingerprint density at radius 1 is 1.19 bits per heavy atom. The van der Waals surface area contributed by atoms with E-state index in [1.807, 2.05) is 11.8 Å². The van der Waals surface area contributed by atoms with Crippen LogP contribution < -0.4 is 16.0 Å². The van der Waals surface area contributed by atoms with Crippen LogP contribution >= 0.6 is 0 Å². The van der Waals surface area contributed by atoms with Crippen molar-refractivity contribution >= 4 is 11.6 Å². The second kappa shape index (κ2) is 8.49. The van der Waals surface area contributed by atoms with E-state index in [0.29, 0.717) is 43.6 Å². The van der Waals surface area contributed by atoms with Crippen molar-refractivity contribution in [2.45, 2.75) is 56.8 Å². The van der Waals surface area contributed by atoms with Gasteiger partial charge in [0, 0.05) is 42.7 Å². The van der Waals surface area contributed by atoms with Gasteiger partial charge in [-0.25, -0.2) is 13.2 Å². The van der Waals surface area contributed by atoms with E-state index in [1.54, 1.807) is 0 Å². The quantitative estimate of drug-likeness (QED) is 0.767. The van der Waals surface area contributed by atoms with Crippen molar-refractivity contribution in [3.05, 3.63) is 47.8 Å². The van der Waals surface area contributed by atoms with Crippen LogP contribution in [0.25, 0.3) is 11.1 Å². The maximum absolute atomic E-state index is 14.3. The first-order valence-corrected chi connectivity index (χ1v) is 10.7. The number of amides is 1. The zero-order valence-electron chi connectivity index (χ0n) is 17.5. The number of anilines is 1. The van der Waals surface area contributed by atoms with Crippen molar-refractivity contribution in [2.75, 3.05) is 18.0 Å². The fraction of sp³-hybridized carbons (Fsp3) is 0.478. The Morgan fingerprint density at radius 3 is 2.55 bits per heavy atom. The molecule has 0 unspecified atom stereocenters. The molecule has 1 amide bonds. The lowest BCUT2D eigenvalue weighted by molar-refractivity contribution is 0.0884. The van der Waals surface area contributed by atoms with Crippen molar-refractivity contribution < 1.29 is 18.0 Å². The minimum Gasteiger partial charge on any atom is -0.368 e. The minimum atomic E-state index is -1.09. The summed E-state index contributed by atoms with van der Waals surface area (Å²) in [5.41, 5.74) is 7.32. The third-order valence-electron chi connectivity index (χ3n) is 6.15. The first-order valence-electron chi connectivity index (χ1n) is 10.7. The number of pyridine rings is 1. The molecule has 5 nitrogen and oxygen atoms in total. The van der Waals surface area contributed by atoms with Gasteiger partial charge in [0.2, 0.25) is 0 Å². The molecule has 1 aromatic carbocycles. The summed E-state index contributed by atoms with van der Waals surface area (Å²) >= 11 is 0. The lowest BCUT2D eigenvalue weighted by atomic mass is 9.93. The third kappa shape index (κ3) is 4.69. The van der Waals surface area contributed by atoms with Crippen molar-refractivity contribution in [3.8, 4) is 11.1 Å². The molecule has 2 fully saturated rings. The average Bonchev–Trinajstić information content (AvgIpc) is 3.08. The molecular formula is C23H27F3N4O. The maximum atomic E-state index is 14.3. The smallest absolute Gasteiger partial charge is 0.255 e. The minimum absolute atomic E-state index is 0.248. The molecule has 2 aliphatic rings. The van der Waals surface area contributed by atoms with Gasteiger partial charge in [-0.1, -0.05) is 12.8 Å². The van der Waals surface area contributed by atoms with Crippen molar-refractivity contribution in [1.82, 2.24) is 10.3 Å². The number of hydrogen-bond donors (Lipinski definition) is 2. The molecule has 3 N–H and O–H groups in total. The molecule has 0 spiro atoms. The van der Waals surface area contributed by atoms with E-state index < -0.39 is 35.3 Å². The zero-order chi connectivity index (χ0) is 22.2. The summed E-state index contributed by atoms with van der Waals surface area (Å²) < 4.78 is 42.2. The van der Waals surface area contributed by atoms with Crippen LogP contribution in [0.3, 0.4) is 0 Å². The normalized spacial score (nSPS) is 26.2. The van der Waals surface area contributed by atoms with Gasteiger partial charge in [0.25, 0.3) is 5.91 Å². The van der Waals surface area contributed by atoms with Gasteiger partial charge in [0.1, 0.15) is 17.8 Å².